The van der Waals surface area contributed by atoms with E-state index in [0.717, 1.165) is 17.1 Å². The van der Waals surface area contributed by atoms with Gasteiger partial charge in [0.25, 0.3) is 5.91 Å². The van der Waals surface area contributed by atoms with E-state index in [2.05, 4.69) is 15.6 Å². The maximum absolute atomic E-state index is 12.3. The minimum Gasteiger partial charge on any atom is -0.497 e. The highest BCUT2D eigenvalue weighted by Crippen LogP contribution is 2.21. The van der Waals surface area contributed by atoms with Crippen molar-refractivity contribution in [1.82, 2.24) is 4.98 Å². The molecular weight excluding hydrogens is 342 g/mol. The van der Waals surface area contributed by atoms with Gasteiger partial charge >= 0.3 is 0 Å². The van der Waals surface area contributed by atoms with Gasteiger partial charge in [0.1, 0.15) is 17.3 Å². The fraction of sp³-hybridized carbons (Fsp3) is 0.143. The van der Waals surface area contributed by atoms with Crippen LogP contribution < -0.4 is 20.1 Å². The second kappa shape index (κ2) is 8.71. The van der Waals surface area contributed by atoms with E-state index in [0.29, 0.717) is 23.7 Å². The highest BCUT2D eigenvalue weighted by Gasteiger charge is 2.08. The smallest absolute Gasteiger partial charge is 0.256 e. The molecule has 6 nitrogen and oxygen atoms in total. The molecule has 1 heterocycles. The molecule has 2 N–H and O–H groups in total. The average molecular weight is 363 g/mol. The molecule has 0 spiro atoms. The predicted octanol–water partition coefficient (Wildman–Crippen LogP) is 4.48. The lowest BCUT2D eigenvalue weighted by Crippen LogP contribution is -2.12. The lowest BCUT2D eigenvalue weighted by molar-refractivity contribution is 0.102. The molecule has 0 aliphatic carbocycles. The highest BCUT2D eigenvalue weighted by atomic mass is 16.5. The van der Waals surface area contributed by atoms with Crippen LogP contribution >= 0.6 is 0 Å². The van der Waals surface area contributed by atoms with Crippen molar-refractivity contribution in [2.45, 2.75) is 6.92 Å². The summed E-state index contributed by atoms with van der Waals surface area (Å²) in [5.74, 6) is 1.69. The quantitative estimate of drug-likeness (QED) is 0.647. The molecule has 1 amide bonds. The molecule has 0 bridgehead atoms. The Morgan fingerprint density at radius 2 is 1.78 bits per heavy atom. The van der Waals surface area contributed by atoms with Gasteiger partial charge in [-0.05, 0) is 61.5 Å². The number of nitrogens with one attached hydrogen (secondary N) is 2. The van der Waals surface area contributed by atoms with Crippen LogP contribution in [0.3, 0.4) is 0 Å². The van der Waals surface area contributed by atoms with Crippen molar-refractivity contribution in [3.05, 3.63) is 72.4 Å². The summed E-state index contributed by atoms with van der Waals surface area (Å²) < 4.78 is 10.6. The Bertz CT molecular complexity index is 893. The maximum atomic E-state index is 12.3. The van der Waals surface area contributed by atoms with Crippen LogP contribution in [0, 0.1) is 0 Å². The number of benzene rings is 2. The monoisotopic (exact) mass is 363 g/mol. The summed E-state index contributed by atoms with van der Waals surface area (Å²) in [4.78, 5) is 16.6. The van der Waals surface area contributed by atoms with E-state index in [1.807, 2.05) is 37.3 Å². The molecule has 6 heteroatoms. The van der Waals surface area contributed by atoms with Crippen LogP contribution in [0.25, 0.3) is 0 Å². The number of hydrogen-bond donors (Lipinski definition) is 2. The van der Waals surface area contributed by atoms with Gasteiger partial charge in [-0.1, -0.05) is 6.07 Å². The zero-order valence-electron chi connectivity index (χ0n) is 15.2. The third-order valence-corrected chi connectivity index (χ3v) is 3.79. The van der Waals surface area contributed by atoms with Crippen molar-refractivity contribution in [3.8, 4) is 11.5 Å². The van der Waals surface area contributed by atoms with Crippen molar-refractivity contribution >= 4 is 23.1 Å². The second-order valence-corrected chi connectivity index (χ2v) is 5.70. The molecule has 2 aromatic carbocycles. The van der Waals surface area contributed by atoms with Gasteiger partial charge in [-0.3, -0.25) is 4.79 Å². The van der Waals surface area contributed by atoms with Crippen molar-refractivity contribution in [3.63, 3.8) is 0 Å². The van der Waals surface area contributed by atoms with E-state index in [4.69, 9.17) is 9.47 Å². The summed E-state index contributed by atoms with van der Waals surface area (Å²) in [5.41, 5.74) is 2.25. The molecular formula is C21H21N3O3. The van der Waals surface area contributed by atoms with Crippen LogP contribution in [-0.2, 0) is 0 Å². The fourth-order valence-corrected chi connectivity index (χ4v) is 2.46. The molecule has 27 heavy (non-hydrogen) atoms. The summed E-state index contributed by atoms with van der Waals surface area (Å²) >= 11 is 0. The molecule has 0 aliphatic heterocycles. The zero-order valence-corrected chi connectivity index (χ0v) is 15.2. The molecule has 0 aliphatic rings. The molecule has 0 unspecified atom stereocenters. The molecule has 138 valence electrons. The van der Waals surface area contributed by atoms with Crippen LogP contribution in [0.4, 0.5) is 17.2 Å². The number of nitrogens with zero attached hydrogens (tertiary/aromatic N) is 1. The van der Waals surface area contributed by atoms with E-state index in [-0.39, 0.29) is 5.91 Å². The minimum absolute atomic E-state index is 0.242. The van der Waals surface area contributed by atoms with E-state index in [1.165, 1.54) is 0 Å². The molecule has 0 radical (unpaired) electrons. The van der Waals surface area contributed by atoms with Crippen molar-refractivity contribution in [2.24, 2.45) is 0 Å². The Morgan fingerprint density at radius 1 is 1.00 bits per heavy atom. The largest absolute Gasteiger partial charge is 0.497 e. The van der Waals surface area contributed by atoms with Crippen LogP contribution in [0.2, 0.25) is 0 Å². The van der Waals surface area contributed by atoms with E-state index >= 15 is 0 Å². The Kier molecular flexibility index (Phi) is 5.89. The van der Waals surface area contributed by atoms with Gasteiger partial charge in [0.2, 0.25) is 0 Å². The number of pyridine rings is 1. The van der Waals surface area contributed by atoms with Gasteiger partial charge in [0.05, 0.1) is 25.6 Å². The molecule has 0 saturated carbocycles. The average Bonchev–Trinajstić information content (AvgIpc) is 2.71. The number of carbonyl (C=O) groups is 1. The number of anilines is 3. The molecule has 0 saturated heterocycles. The molecule has 3 aromatic rings. The third kappa shape index (κ3) is 4.98. The maximum Gasteiger partial charge on any atom is 0.256 e. The third-order valence-electron chi connectivity index (χ3n) is 3.79. The van der Waals surface area contributed by atoms with E-state index < -0.39 is 0 Å². The standard InChI is InChI=1S/C21H21N3O3/c1-3-27-18-10-7-16(8-11-18)23-17-9-12-20(22-14-17)24-21(25)15-5-4-6-19(13-15)26-2/h4-14,23H,3H2,1-2H3,(H,22,24,25). The SMILES string of the molecule is CCOc1ccc(Nc2ccc(NC(=O)c3cccc(OC)c3)nc2)cc1. The normalized spacial score (nSPS) is 10.1. The molecule has 0 atom stereocenters. The molecule has 1 aromatic heterocycles. The predicted molar refractivity (Wildman–Crippen MR) is 106 cm³/mol. The summed E-state index contributed by atoms with van der Waals surface area (Å²) in [6.07, 6.45) is 1.66. The van der Waals surface area contributed by atoms with Crippen molar-refractivity contribution < 1.29 is 14.3 Å². The zero-order chi connectivity index (χ0) is 19.1. The highest BCUT2D eigenvalue weighted by molar-refractivity contribution is 6.04. The first kappa shape index (κ1) is 18.3. The summed E-state index contributed by atoms with van der Waals surface area (Å²) in [7, 11) is 1.56. The number of aromatic nitrogens is 1. The fourth-order valence-electron chi connectivity index (χ4n) is 2.46. The number of methoxy groups -OCH3 is 1. The van der Waals surface area contributed by atoms with Crippen molar-refractivity contribution in [2.75, 3.05) is 24.4 Å². The van der Waals surface area contributed by atoms with E-state index in [1.54, 1.807) is 43.6 Å². The first-order chi connectivity index (χ1) is 13.2. The lowest BCUT2D eigenvalue weighted by atomic mass is 10.2. The Hall–Kier alpha value is -3.54. The van der Waals surface area contributed by atoms with Gasteiger partial charge < -0.3 is 20.1 Å². The topological polar surface area (TPSA) is 72.5 Å². The Morgan fingerprint density at radius 3 is 2.44 bits per heavy atom. The molecule has 3 rings (SSSR count). The summed E-state index contributed by atoms with van der Waals surface area (Å²) in [6.45, 7) is 2.59. The number of amides is 1. The van der Waals surface area contributed by atoms with Crippen molar-refractivity contribution in [1.29, 1.82) is 0 Å². The number of hydrogen-bond acceptors (Lipinski definition) is 5. The Balaban J connectivity index is 1.61. The summed E-state index contributed by atoms with van der Waals surface area (Å²) in [5, 5.41) is 6.03. The van der Waals surface area contributed by atoms with E-state index in [9.17, 15) is 4.79 Å². The minimum atomic E-state index is -0.242. The van der Waals surface area contributed by atoms with Crippen LogP contribution in [-0.4, -0.2) is 24.6 Å². The first-order valence-corrected chi connectivity index (χ1v) is 8.59. The summed E-state index contributed by atoms with van der Waals surface area (Å²) in [6, 6.07) is 18.2. The second-order valence-electron chi connectivity index (χ2n) is 5.70. The van der Waals surface area contributed by atoms with Gasteiger partial charge in [0.15, 0.2) is 0 Å². The molecule has 0 fully saturated rings. The van der Waals surface area contributed by atoms with Gasteiger partial charge in [0, 0.05) is 11.3 Å². The van der Waals surface area contributed by atoms with Gasteiger partial charge in [-0.15, -0.1) is 0 Å². The van der Waals surface area contributed by atoms with Crippen LogP contribution in [0.15, 0.2) is 66.9 Å². The van der Waals surface area contributed by atoms with Crippen LogP contribution in [0.1, 0.15) is 17.3 Å². The number of rotatable bonds is 7. The van der Waals surface area contributed by atoms with Gasteiger partial charge in [-0.25, -0.2) is 4.98 Å². The number of carbonyl (C=O) groups excluding carboxylic acids is 1. The first-order valence-electron chi connectivity index (χ1n) is 8.59. The lowest BCUT2D eigenvalue weighted by Gasteiger charge is -2.09. The van der Waals surface area contributed by atoms with Crippen LogP contribution in [0.5, 0.6) is 11.5 Å². The Labute approximate surface area is 158 Å². The number of ether oxygens (including phenoxy) is 2. The van der Waals surface area contributed by atoms with Gasteiger partial charge in [-0.2, -0.15) is 0 Å².